The van der Waals surface area contributed by atoms with Crippen LogP contribution in [0, 0.1) is 0 Å². The minimum absolute atomic E-state index is 0.502. The molecule has 3 heteroatoms. The van der Waals surface area contributed by atoms with Crippen molar-refractivity contribution in [1.82, 2.24) is 5.32 Å². The molecule has 4 atom stereocenters. The van der Waals surface area contributed by atoms with Crippen LogP contribution in [0.15, 0.2) is 0 Å². The van der Waals surface area contributed by atoms with Crippen molar-refractivity contribution in [3.8, 4) is 0 Å². The molecule has 3 rings (SSSR count). The highest BCUT2D eigenvalue weighted by atomic mass is 16.5. The van der Waals surface area contributed by atoms with Gasteiger partial charge in [0, 0.05) is 18.7 Å². The standard InChI is InChI=1S/C11H19NO2/c1-2-8(7-13-5-1)12-10-6-9-3-4-11(10)14-9/h8-12H,1-7H2. The molecule has 3 aliphatic rings. The van der Waals surface area contributed by atoms with Crippen LogP contribution in [0.2, 0.25) is 0 Å². The Morgan fingerprint density at radius 2 is 2.14 bits per heavy atom. The highest BCUT2D eigenvalue weighted by molar-refractivity contribution is 4.95. The van der Waals surface area contributed by atoms with Crippen molar-refractivity contribution >= 4 is 0 Å². The monoisotopic (exact) mass is 197 g/mol. The average molecular weight is 197 g/mol. The van der Waals surface area contributed by atoms with Gasteiger partial charge >= 0.3 is 0 Å². The summed E-state index contributed by atoms with van der Waals surface area (Å²) in [5, 5.41) is 3.70. The Morgan fingerprint density at radius 1 is 1.14 bits per heavy atom. The third-order valence-electron chi connectivity index (χ3n) is 3.72. The van der Waals surface area contributed by atoms with Gasteiger partial charge in [0.25, 0.3) is 0 Å². The summed E-state index contributed by atoms with van der Waals surface area (Å²) in [7, 11) is 0. The van der Waals surface area contributed by atoms with E-state index < -0.39 is 0 Å². The Kier molecular flexibility index (Phi) is 2.48. The number of rotatable bonds is 2. The van der Waals surface area contributed by atoms with Crippen LogP contribution in [0.5, 0.6) is 0 Å². The lowest BCUT2D eigenvalue weighted by molar-refractivity contribution is 0.0574. The van der Waals surface area contributed by atoms with E-state index in [2.05, 4.69) is 5.32 Å². The second-order valence-electron chi connectivity index (χ2n) is 4.80. The summed E-state index contributed by atoms with van der Waals surface area (Å²) < 4.78 is 11.3. The van der Waals surface area contributed by atoms with Gasteiger partial charge in [-0.3, -0.25) is 0 Å². The largest absolute Gasteiger partial charge is 0.380 e. The lowest BCUT2D eigenvalue weighted by Gasteiger charge is -2.29. The molecule has 0 amide bonds. The fourth-order valence-corrected chi connectivity index (χ4v) is 2.99. The van der Waals surface area contributed by atoms with Crippen LogP contribution in [-0.2, 0) is 9.47 Å². The van der Waals surface area contributed by atoms with Gasteiger partial charge in [0.05, 0.1) is 18.8 Å². The molecule has 3 fully saturated rings. The molecule has 4 unspecified atom stereocenters. The number of hydrogen-bond acceptors (Lipinski definition) is 3. The topological polar surface area (TPSA) is 30.5 Å². The number of fused-ring (bicyclic) bond motifs is 2. The summed E-state index contributed by atoms with van der Waals surface area (Å²) in [5.74, 6) is 0. The van der Waals surface area contributed by atoms with Gasteiger partial charge in [-0.2, -0.15) is 0 Å². The van der Waals surface area contributed by atoms with Crippen LogP contribution in [0.1, 0.15) is 32.1 Å². The molecule has 0 spiro atoms. The number of nitrogens with one attached hydrogen (secondary N) is 1. The fourth-order valence-electron chi connectivity index (χ4n) is 2.99. The van der Waals surface area contributed by atoms with Gasteiger partial charge in [0.2, 0.25) is 0 Å². The first-order valence-electron chi connectivity index (χ1n) is 5.91. The number of hydrogen-bond donors (Lipinski definition) is 1. The SMILES string of the molecule is C1COCC(NC2CC3CCC2O3)C1. The van der Waals surface area contributed by atoms with Crippen LogP contribution in [-0.4, -0.2) is 37.5 Å². The summed E-state index contributed by atoms with van der Waals surface area (Å²) in [4.78, 5) is 0. The van der Waals surface area contributed by atoms with Gasteiger partial charge in [-0.15, -0.1) is 0 Å². The molecule has 14 heavy (non-hydrogen) atoms. The Labute approximate surface area is 85.1 Å². The lowest BCUT2D eigenvalue weighted by Crippen LogP contribution is -2.47. The van der Waals surface area contributed by atoms with Crippen molar-refractivity contribution < 1.29 is 9.47 Å². The van der Waals surface area contributed by atoms with Crippen molar-refractivity contribution in [1.29, 1.82) is 0 Å². The van der Waals surface area contributed by atoms with Gasteiger partial charge in [-0.05, 0) is 32.1 Å². The first-order valence-corrected chi connectivity index (χ1v) is 5.91. The van der Waals surface area contributed by atoms with Gasteiger partial charge < -0.3 is 14.8 Å². The lowest BCUT2D eigenvalue weighted by atomic mass is 9.94. The quantitative estimate of drug-likeness (QED) is 0.718. The van der Waals surface area contributed by atoms with E-state index in [1.165, 1.54) is 32.1 Å². The van der Waals surface area contributed by atoms with E-state index in [-0.39, 0.29) is 0 Å². The van der Waals surface area contributed by atoms with Crippen LogP contribution < -0.4 is 5.32 Å². The second-order valence-corrected chi connectivity index (χ2v) is 4.80. The summed E-state index contributed by atoms with van der Waals surface area (Å²) >= 11 is 0. The molecule has 80 valence electrons. The predicted molar refractivity (Wildman–Crippen MR) is 53.3 cm³/mol. The highest BCUT2D eigenvalue weighted by Gasteiger charge is 2.41. The van der Waals surface area contributed by atoms with E-state index in [4.69, 9.17) is 9.47 Å². The van der Waals surface area contributed by atoms with Crippen LogP contribution in [0.4, 0.5) is 0 Å². The summed E-state index contributed by atoms with van der Waals surface area (Å²) in [5.41, 5.74) is 0. The summed E-state index contributed by atoms with van der Waals surface area (Å²) in [6.45, 7) is 1.85. The Balaban J connectivity index is 1.52. The molecule has 3 nitrogen and oxygen atoms in total. The van der Waals surface area contributed by atoms with Crippen molar-refractivity contribution in [2.75, 3.05) is 13.2 Å². The maximum absolute atomic E-state index is 5.82. The third kappa shape index (κ3) is 1.69. The average Bonchev–Trinajstić information content (AvgIpc) is 2.81. The van der Waals surface area contributed by atoms with Crippen molar-refractivity contribution in [3.63, 3.8) is 0 Å². The Hall–Kier alpha value is -0.120. The fraction of sp³-hybridized carbons (Fsp3) is 1.00. The predicted octanol–water partition coefficient (Wildman–Crippen LogP) is 1.07. The molecule has 3 saturated heterocycles. The maximum atomic E-state index is 5.82. The van der Waals surface area contributed by atoms with E-state index in [0.717, 1.165) is 13.2 Å². The maximum Gasteiger partial charge on any atom is 0.0733 e. The zero-order chi connectivity index (χ0) is 9.38. The molecular formula is C11H19NO2. The third-order valence-corrected chi connectivity index (χ3v) is 3.72. The van der Waals surface area contributed by atoms with Crippen molar-refractivity contribution in [2.24, 2.45) is 0 Å². The minimum atomic E-state index is 0.502. The zero-order valence-electron chi connectivity index (χ0n) is 8.58. The number of ether oxygens (including phenoxy) is 2. The minimum Gasteiger partial charge on any atom is -0.380 e. The highest BCUT2D eigenvalue weighted by Crippen LogP contribution is 2.34. The molecule has 0 saturated carbocycles. The molecule has 0 radical (unpaired) electrons. The zero-order valence-corrected chi connectivity index (χ0v) is 8.58. The summed E-state index contributed by atoms with van der Waals surface area (Å²) in [6.07, 6.45) is 7.30. The molecule has 2 bridgehead atoms. The van der Waals surface area contributed by atoms with Gasteiger partial charge in [0.15, 0.2) is 0 Å². The van der Waals surface area contributed by atoms with Crippen molar-refractivity contribution in [2.45, 2.75) is 56.4 Å². The van der Waals surface area contributed by atoms with E-state index >= 15 is 0 Å². The second kappa shape index (κ2) is 3.80. The van der Waals surface area contributed by atoms with E-state index in [9.17, 15) is 0 Å². The van der Waals surface area contributed by atoms with Gasteiger partial charge in [-0.1, -0.05) is 0 Å². The van der Waals surface area contributed by atoms with E-state index in [1.54, 1.807) is 0 Å². The van der Waals surface area contributed by atoms with E-state index in [0.29, 0.717) is 24.3 Å². The summed E-state index contributed by atoms with van der Waals surface area (Å²) in [6, 6.07) is 1.19. The molecular weight excluding hydrogens is 178 g/mol. The molecule has 1 N–H and O–H groups in total. The van der Waals surface area contributed by atoms with Gasteiger partial charge in [0.1, 0.15) is 0 Å². The van der Waals surface area contributed by atoms with Crippen molar-refractivity contribution in [3.05, 3.63) is 0 Å². The Bertz CT molecular complexity index is 203. The van der Waals surface area contributed by atoms with Crippen LogP contribution in [0.25, 0.3) is 0 Å². The van der Waals surface area contributed by atoms with Crippen LogP contribution in [0.3, 0.4) is 0 Å². The van der Waals surface area contributed by atoms with E-state index in [1.807, 2.05) is 0 Å². The first-order chi connectivity index (χ1) is 6.92. The van der Waals surface area contributed by atoms with Crippen LogP contribution >= 0.6 is 0 Å². The molecule has 0 aromatic carbocycles. The molecule has 3 aliphatic heterocycles. The smallest absolute Gasteiger partial charge is 0.0733 e. The first kappa shape index (κ1) is 9.13. The van der Waals surface area contributed by atoms with Gasteiger partial charge in [-0.25, -0.2) is 0 Å². The molecule has 0 aliphatic carbocycles. The molecule has 0 aromatic heterocycles. The Morgan fingerprint density at radius 3 is 2.79 bits per heavy atom. The molecule has 3 heterocycles. The molecule has 0 aromatic rings. The normalized spacial score (nSPS) is 47.1.